The average Bonchev–Trinajstić information content (AvgIpc) is 2.16. The maximum absolute atomic E-state index is 11.5. The average molecular weight is 263 g/mol. The van der Waals surface area contributed by atoms with Gasteiger partial charge in [-0.25, -0.2) is 0 Å². The lowest BCUT2D eigenvalue weighted by atomic mass is 10.2. The van der Waals surface area contributed by atoms with Gasteiger partial charge in [-0.15, -0.1) is 12.4 Å². The normalized spacial score (nSPS) is 11.5. The Bertz CT molecular complexity index is 356. The van der Waals surface area contributed by atoms with E-state index in [4.69, 9.17) is 17.3 Å². The molecule has 0 heterocycles. The van der Waals surface area contributed by atoms with Crippen LogP contribution in [0, 0.1) is 0 Å². The number of carbonyl (C=O) groups is 1. The van der Waals surface area contributed by atoms with Crippen LogP contribution < -0.4 is 5.73 Å². The lowest BCUT2D eigenvalue weighted by Gasteiger charge is -2.19. The maximum Gasteiger partial charge on any atom is 0.239 e. The van der Waals surface area contributed by atoms with E-state index < -0.39 is 6.04 Å². The second kappa shape index (κ2) is 6.74. The third-order valence-electron chi connectivity index (χ3n) is 2.07. The first kappa shape index (κ1) is 15.2. The summed E-state index contributed by atoms with van der Waals surface area (Å²) in [5, 5.41) is 0.675. The molecule has 90 valence electrons. The van der Waals surface area contributed by atoms with Crippen molar-refractivity contribution in [1.82, 2.24) is 4.90 Å². The summed E-state index contributed by atoms with van der Waals surface area (Å²) in [7, 11) is 1.73. The van der Waals surface area contributed by atoms with Crippen LogP contribution in [0.5, 0.6) is 0 Å². The van der Waals surface area contributed by atoms with E-state index in [2.05, 4.69) is 0 Å². The van der Waals surface area contributed by atoms with Gasteiger partial charge >= 0.3 is 0 Å². The lowest BCUT2D eigenvalue weighted by Crippen LogP contribution is -2.39. The summed E-state index contributed by atoms with van der Waals surface area (Å²) >= 11 is 5.84. The first-order chi connectivity index (χ1) is 7.00. The van der Waals surface area contributed by atoms with E-state index in [1.54, 1.807) is 24.9 Å². The quantitative estimate of drug-likeness (QED) is 0.907. The summed E-state index contributed by atoms with van der Waals surface area (Å²) in [5.74, 6) is -0.0741. The monoisotopic (exact) mass is 262 g/mol. The number of carbonyl (C=O) groups excluding carboxylic acids is 1. The van der Waals surface area contributed by atoms with Gasteiger partial charge in [0, 0.05) is 18.6 Å². The van der Waals surface area contributed by atoms with Crippen LogP contribution in [0.15, 0.2) is 24.3 Å². The molecule has 0 radical (unpaired) electrons. The minimum absolute atomic E-state index is 0. The highest BCUT2D eigenvalue weighted by Crippen LogP contribution is 2.12. The summed E-state index contributed by atoms with van der Waals surface area (Å²) in [5.41, 5.74) is 6.50. The van der Waals surface area contributed by atoms with Crippen LogP contribution in [0.4, 0.5) is 0 Å². The van der Waals surface area contributed by atoms with Gasteiger partial charge in [-0.1, -0.05) is 23.7 Å². The Labute approximate surface area is 107 Å². The fourth-order valence-corrected chi connectivity index (χ4v) is 1.55. The third kappa shape index (κ3) is 4.39. The largest absolute Gasteiger partial charge is 0.340 e. The van der Waals surface area contributed by atoms with Crippen molar-refractivity contribution >= 4 is 29.9 Å². The van der Waals surface area contributed by atoms with Crippen LogP contribution in [0.3, 0.4) is 0 Å². The topological polar surface area (TPSA) is 46.3 Å². The molecule has 1 atom stereocenters. The number of nitrogens with zero attached hydrogens (tertiary/aromatic N) is 1. The summed E-state index contributed by atoms with van der Waals surface area (Å²) < 4.78 is 0. The van der Waals surface area contributed by atoms with Gasteiger partial charge in [-0.05, 0) is 24.6 Å². The SMILES string of the molecule is CC(N)C(=O)N(C)Cc1cccc(Cl)c1.Cl. The molecule has 0 bridgehead atoms. The fourth-order valence-electron chi connectivity index (χ4n) is 1.33. The molecule has 0 spiro atoms. The molecule has 1 unspecified atom stereocenters. The maximum atomic E-state index is 11.5. The molecule has 0 fully saturated rings. The van der Waals surface area contributed by atoms with Crippen LogP contribution in [-0.2, 0) is 11.3 Å². The zero-order valence-electron chi connectivity index (χ0n) is 9.31. The molecule has 1 rings (SSSR count). The van der Waals surface area contributed by atoms with Crippen LogP contribution >= 0.6 is 24.0 Å². The third-order valence-corrected chi connectivity index (χ3v) is 2.31. The number of rotatable bonds is 3. The van der Waals surface area contributed by atoms with Gasteiger partial charge in [-0.3, -0.25) is 4.79 Å². The molecular weight excluding hydrogens is 247 g/mol. The van der Waals surface area contributed by atoms with Gasteiger partial charge < -0.3 is 10.6 Å². The lowest BCUT2D eigenvalue weighted by molar-refractivity contribution is -0.131. The highest BCUT2D eigenvalue weighted by Gasteiger charge is 2.13. The summed E-state index contributed by atoms with van der Waals surface area (Å²) in [6.45, 7) is 2.21. The molecule has 1 aromatic carbocycles. The van der Waals surface area contributed by atoms with Crippen molar-refractivity contribution in [2.75, 3.05) is 7.05 Å². The smallest absolute Gasteiger partial charge is 0.239 e. The van der Waals surface area contributed by atoms with Gasteiger partial charge in [0.1, 0.15) is 0 Å². The molecule has 5 heteroatoms. The van der Waals surface area contributed by atoms with Crippen LogP contribution in [0.25, 0.3) is 0 Å². The first-order valence-corrected chi connectivity index (χ1v) is 5.13. The summed E-state index contributed by atoms with van der Waals surface area (Å²) in [6.07, 6.45) is 0. The fraction of sp³-hybridized carbons (Fsp3) is 0.364. The molecular formula is C11H16Cl2N2O. The van der Waals surface area contributed by atoms with E-state index in [1.807, 2.05) is 18.2 Å². The summed E-state index contributed by atoms with van der Waals surface area (Å²) in [6, 6.07) is 6.97. The van der Waals surface area contributed by atoms with Crippen LogP contribution in [-0.4, -0.2) is 23.9 Å². The Balaban J connectivity index is 0.00000225. The van der Waals surface area contributed by atoms with E-state index in [0.717, 1.165) is 5.56 Å². The Kier molecular flexibility index (Phi) is 6.41. The Hall–Kier alpha value is -0.770. The predicted octanol–water partition coefficient (Wildman–Crippen LogP) is 2.07. The number of hydrogen-bond donors (Lipinski definition) is 1. The van der Waals surface area contributed by atoms with Gasteiger partial charge in [0.25, 0.3) is 0 Å². The Morgan fingerprint density at radius 3 is 2.69 bits per heavy atom. The molecule has 1 amide bonds. The van der Waals surface area contributed by atoms with Gasteiger partial charge in [0.2, 0.25) is 5.91 Å². The number of nitrogens with two attached hydrogens (primary N) is 1. The molecule has 2 N–H and O–H groups in total. The van der Waals surface area contributed by atoms with Crippen molar-refractivity contribution in [3.8, 4) is 0 Å². The van der Waals surface area contributed by atoms with E-state index in [9.17, 15) is 4.79 Å². The number of likely N-dealkylation sites (N-methyl/N-ethyl adjacent to an activating group) is 1. The molecule has 0 aliphatic carbocycles. The van der Waals surface area contributed by atoms with Crippen molar-refractivity contribution in [3.05, 3.63) is 34.9 Å². The molecule has 3 nitrogen and oxygen atoms in total. The Morgan fingerprint density at radius 1 is 1.56 bits per heavy atom. The zero-order chi connectivity index (χ0) is 11.4. The van der Waals surface area contributed by atoms with Crippen molar-refractivity contribution in [1.29, 1.82) is 0 Å². The second-order valence-electron chi connectivity index (χ2n) is 3.61. The molecule has 16 heavy (non-hydrogen) atoms. The Morgan fingerprint density at radius 2 is 2.19 bits per heavy atom. The minimum atomic E-state index is -0.464. The van der Waals surface area contributed by atoms with Gasteiger partial charge in [0.15, 0.2) is 0 Å². The number of amides is 1. The molecule has 1 aromatic rings. The molecule has 0 aliphatic heterocycles. The molecule has 0 aromatic heterocycles. The minimum Gasteiger partial charge on any atom is -0.340 e. The van der Waals surface area contributed by atoms with Crippen molar-refractivity contribution in [2.45, 2.75) is 19.5 Å². The number of halogens is 2. The first-order valence-electron chi connectivity index (χ1n) is 4.75. The van der Waals surface area contributed by atoms with Gasteiger partial charge in [-0.2, -0.15) is 0 Å². The van der Waals surface area contributed by atoms with E-state index in [0.29, 0.717) is 11.6 Å². The van der Waals surface area contributed by atoms with E-state index in [-0.39, 0.29) is 18.3 Å². The van der Waals surface area contributed by atoms with Crippen LogP contribution in [0.1, 0.15) is 12.5 Å². The molecule has 0 saturated heterocycles. The highest BCUT2D eigenvalue weighted by atomic mass is 35.5. The predicted molar refractivity (Wildman–Crippen MR) is 68.8 cm³/mol. The zero-order valence-corrected chi connectivity index (χ0v) is 10.9. The van der Waals surface area contributed by atoms with Crippen molar-refractivity contribution in [2.24, 2.45) is 5.73 Å². The van der Waals surface area contributed by atoms with Crippen LogP contribution in [0.2, 0.25) is 5.02 Å². The number of benzene rings is 1. The molecule has 0 aliphatic rings. The van der Waals surface area contributed by atoms with E-state index >= 15 is 0 Å². The summed E-state index contributed by atoms with van der Waals surface area (Å²) in [4.78, 5) is 13.1. The molecule has 0 saturated carbocycles. The van der Waals surface area contributed by atoms with Crippen molar-refractivity contribution in [3.63, 3.8) is 0 Å². The van der Waals surface area contributed by atoms with Crippen molar-refractivity contribution < 1.29 is 4.79 Å². The second-order valence-corrected chi connectivity index (χ2v) is 4.05. The number of hydrogen-bond acceptors (Lipinski definition) is 2. The highest BCUT2D eigenvalue weighted by molar-refractivity contribution is 6.30. The van der Waals surface area contributed by atoms with Gasteiger partial charge in [0.05, 0.1) is 6.04 Å². The standard InChI is InChI=1S/C11H15ClN2O.ClH/c1-8(13)11(15)14(2)7-9-4-3-5-10(12)6-9;/h3-6,8H,7,13H2,1-2H3;1H. The van der Waals surface area contributed by atoms with E-state index in [1.165, 1.54) is 0 Å².